The van der Waals surface area contributed by atoms with Gasteiger partial charge in [-0.2, -0.15) is 0 Å². The Hall–Kier alpha value is -0.0200. The van der Waals surface area contributed by atoms with E-state index in [-0.39, 0.29) is 17.6 Å². The van der Waals surface area contributed by atoms with Crippen LogP contribution in [0.3, 0.4) is 0 Å². The van der Waals surface area contributed by atoms with Crippen LogP contribution in [0, 0.1) is 0 Å². The number of thiocarbonyl (C=S) groups is 1. The highest BCUT2D eigenvalue weighted by atomic mass is 35.5. The molecule has 0 fully saturated rings. The number of ether oxygens (including phenoxy) is 1. The van der Waals surface area contributed by atoms with Gasteiger partial charge in [-0.25, -0.2) is 0 Å². The molecule has 0 heterocycles. The minimum atomic E-state index is 0. The Bertz CT molecular complexity index is 58.9. The SMILES string of the molecule is CCOC(N)=S.Cl. The molecule has 0 aromatic rings. The fraction of sp³-hybridized carbons (Fsp3) is 0.667. The highest BCUT2D eigenvalue weighted by Crippen LogP contribution is 1.67. The third-order valence-electron chi connectivity index (χ3n) is 0.287. The summed E-state index contributed by atoms with van der Waals surface area (Å²) < 4.78 is 4.55. The van der Waals surface area contributed by atoms with E-state index in [1.54, 1.807) is 0 Å². The molecule has 0 rings (SSSR count). The van der Waals surface area contributed by atoms with Crippen LogP contribution in [0.5, 0.6) is 0 Å². The van der Waals surface area contributed by atoms with Gasteiger partial charge in [0, 0.05) is 0 Å². The molecule has 0 aliphatic carbocycles. The first-order chi connectivity index (χ1) is 2.77. The molecular weight excluding hydrogens is 134 g/mol. The van der Waals surface area contributed by atoms with E-state index in [0.717, 1.165) is 0 Å². The third kappa shape index (κ3) is 10.7. The normalized spacial score (nSPS) is 6.43. The molecule has 0 radical (unpaired) electrons. The largest absolute Gasteiger partial charge is 0.472 e. The molecule has 44 valence electrons. The van der Waals surface area contributed by atoms with Crippen LogP contribution in [0.15, 0.2) is 0 Å². The standard InChI is InChI=1S/C3H7NOS.ClH/c1-2-5-3(4)6;/h2H2,1H3,(H2,4,6);1H. The Kier molecular flexibility index (Phi) is 8.60. The maximum atomic E-state index is 4.91. The lowest BCUT2D eigenvalue weighted by Crippen LogP contribution is -2.11. The number of hydrogen-bond acceptors (Lipinski definition) is 2. The summed E-state index contributed by atoms with van der Waals surface area (Å²) in [4.78, 5) is 0. The van der Waals surface area contributed by atoms with Gasteiger partial charge in [0.05, 0.1) is 6.61 Å². The molecule has 0 saturated carbocycles. The number of rotatable bonds is 1. The fourth-order valence-corrected chi connectivity index (χ4v) is 0.260. The molecule has 0 aliphatic rings. The first-order valence-electron chi connectivity index (χ1n) is 1.69. The van der Waals surface area contributed by atoms with E-state index in [1.807, 2.05) is 6.92 Å². The third-order valence-corrected chi connectivity index (χ3v) is 0.404. The molecule has 4 heteroatoms. The Morgan fingerprint density at radius 3 is 2.29 bits per heavy atom. The van der Waals surface area contributed by atoms with Gasteiger partial charge in [0.1, 0.15) is 0 Å². The lowest BCUT2D eigenvalue weighted by atomic mass is 10.9. The highest BCUT2D eigenvalue weighted by Gasteiger charge is 1.76. The monoisotopic (exact) mass is 141 g/mol. The van der Waals surface area contributed by atoms with Crippen molar-refractivity contribution in [2.24, 2.45) is 5.73 Å². The van der Waals surface area contributed by atoms with Gasteiger partial charge in [-0.15, -0.1) is 12.4 Å². The van der Waals surface area contributed by atoms with Crippen molar-refractivity contribution in [3.05, 3.63) is 0 Å². The van der Waals surface area contributed by atoms with Gasteiger partial charge >= 0.3 is 0 Å². The summed E-state index contributed by atoms with van der Waals surface area (Å²) in [6, 6.07) is 0. The smallest absolute Gasteiger partial charge is 0.253 e. The molecule has 7 heavy (non-hydrogen) atoms. The van der Waals surface area contributed by atoms with Crippen molar-refractivity contribution in [3.63, 3.8) is 0 Å². The molecule has 0 spiro atoms. The minimum Gasteiger partial charge on any atom is -0.472 e. The van der Waals surface area contributed by atoms with E-state index in [4.69, 9.17) is 5.73 Å². The number of halogens is 1. The molecule has 0 atom stereocenters. The summed E-state index contributed by atoms with van der Waals surface area (Å²) in [5.74, 6) is 0. The van der Waals surface area contributed by atoms with E-state index < -0.39 is 0 Å². The topological polar surface area (TPSA) is 35.2 Å². The zero-order valence-electron chi connectivity index (χ0n) is 4.01. The van der Waals surface area contributed by atoms with Gasteiger partial charge in [0.15, 0.2) is 0 Å². The second-order valence-electron chi connectivity index (χ2n) is 0.752. The van der Waals surface area contributed by atoms with Crippen molar-refractivity contribution in [1.29, 1.82) is 0 Å². The molecule has 0 saturated heterocycles. The summed E-state index contributed by atoms with van der Waals surface area (Å²) in [6.45, 7) is 2.40. The second kappa shape index (κ2) is 5.98. The lowest BCUT2D eigenvalue weighted by molar-refractivity contribution is 0.331. The minimum absolute atomic E-state index is 0. The molecule has 0 aliphatic heterocycles. The van der Waals surface area contributed by atoms with Gasteiger partial charge in [-0.3, -0.25) is 0 Å². The molecule has 0 amide bonds. The summed E-state index contributed by atoms with van der Waals surface area (Å²) in [5.41, 5.74) is 4.91. The first kappa shape index (κ1) is 10.1. The van der Waals surface area contributed by atoms with Crippen LogP contribution in [-0.2, 0) is 4.74 Å². The van der Waals surface area contributed by atoms with Crippen molar-refractivity contribution in [1.82, 2.24) is 0 Å². The van der Waals surface area contributed by atoms with Crippen molar-refractivity contribution in [3.8, 4) is 0 Å². The Balaban J connectivity index is 0. The number of hydrogen-bond donors (Lipinski definition) is 1. The van der Waals surface area contributed by atoms with Crippen LogP contribution in [0.25, 0.3) is 0 Å². The van der Waals surface area contributed by atoms with Crippen molar-refractivity contribution in [2.45, 2.75) is 6.92 Å². The van der Waals surface area contributed by atoms with Gasteiger partial charge in [0.2, 0.25) is 0 Å². The lowest BCUT2D eigenvalue weighted by Gasteiger charge is -1.93. The Morgan fingerprint density at radius 2 is 2.29 bits per heavy atom. The van der Waals surface area contributed by atoms with E-state index in [2.05, 4.69) is 17.0 Å². The highest BCUT2D eigenvalue weighted by molar-refractivity contribution is 7.80. The second-order valence-corrected chi connectivity index (χ2v) is 1.15. The van der Waals surface area contributed by atoms with Gasteiger partial charge in [0.25, 0.3) is 5.17 Å². The Morgan fingerprint density at radius 1 is 1.86 bits per heavy atom. The van der Waals surface area contributed by atoms with Crippen LogP contribution < -0.4 is 5.73 Å². The zero-order valence-corrected chi connectivity index (χ0v) is 5.64. The Labute approximate surface area is 54.4 Å². The summed E-state index contributed by atoms with van der Waals surface area (Å²) in [7, 11) is 0. The maximum Gasteiger partial charge on any atom is 0.253 e. The molecule has 0 unspecified atom stereocenters. The average molecular weight is 142 g/mol. The summed E-state index contributed by atoms with van der Waals surface area (Å²) in [5, 5.41) is 0.123. The summed E-state index contributed by atoms with van der Waals surface area (Å²) >= 11 is 4.35. The van der Waals surface area contributed by atoms with Gasteiger partial charge in [-0.05, 0) is 19.1 Å². The molecule has 2 N–H and O–H groups in total. The predicted octanol–water partition coefficient (Wildman–Crippen LogP) is 0.688. The van der Waals surface area contributed by atoms with Crippen molar-refractivity contribution >= 4 is 29.8 Å². The molecule has 0 aromatic carbocycles. The van der Waals surface area contributed by atoms with E-state index in [9.17, 15) is 0 Å². The molecular formula is C3H8ClNOS. The van der Waals surface area contributed by atoms with Crippen molar-refractivity contribution in [2.75, 3.05) is 6.61 Å². The van der Waals surface area contributed by atoms with Gasteiger partial charge < -0.3 is 10.5 Å². The van der Waals surface area contributed by atoms with Crippen molar-refractivity contribution < 1.29 is 4.74 Å². The van der Waals surface area contributed by atoms with Crippen LogP contribution in [0.2, 0.25) is 0 Å². The van der Waals surface area contributed by atoms with Crippen LogP contribution in [-0.4, -0.2) is 11.8 Å². The maximum absolute atomic E-state index is 4.91. The predicted molar refractivity (Wildman–Crippen MR) is 35.7 cm³/mol. The van der Waals surface area contributed by atoms with Crippen LogP contribution in [0.1, 0.15) is 6.92 Å². The summed E-state index contributed by atoms with van der Waals surface area (Å²) in [6.07, 6.45) is 0. The average Bonchev–Trinajstić information content (AvgIpc) is 1.35. The number of nitrogens with two attached hydrogens (primary N) is 1. The molecule has 0 bridgehead atoms. The molecule has 0 aromatic heterocycles. The first-order valence-corrected chi connectivity index (χ1v) is 2.10. The van der Waals surface area contributed by atoms with Gasteiger partial charge in [-0.1, -0.05) is 0 Å². The van der Waals surface area contributed by atoms with Crippen LogP contribution in [0.4, 0.5) is 0 Å². The fourth-order valence-electron chi connectivity index (χ4n) is 0.142. The van der Waals surface area contributed by atoms with E-state index >= 15 is 0 Å². The molecule has 2 nitrogen and oxygen atoms in total. The van der Waals surface area contributed by atoms with Crippen LogP contribution >= 0.6 is 24.6 Å². The van der Waals surface area contributed by atoms with E-state index in [0.29, 0.717) is 6.61 Å². The quantitative estimate of drug-likeness (QED) is 0.546. The zero-order chi connectivity index (χ0) is 4.99. The van der Waals surface area contributed by atoms with E-state index in [1.165, 1.54) is 0 Å².